The van der Waals surface area contributed by atoms with Crippen LogP contribution in [0.5, 0.6) is 0 Å². The van der Waals surface area contributed by atoms with Crippen molar-refractivity contribution in [1.82, 2.24) is 15.1 Å². The van der Waals surface area contributed by atoms with E-state index in [-0.39, 0.29) is 12.0 Å². The summed E-state index contributed by atoms with van der Waals surface area (Å²) in [5.41, 5.74) is 0.200. The van der Waals surface area contributed by atoms with Crippen molar-refractivity contribution in [3.8, 4) is 0 Å². The van der Waals surface area contributed by atoms with E-state index in [1.54, 1.807) is 0 Å². The van der Waals surface area contributed by atoms with E-state index < -0.39 is 5.54 Å². The number of ether oxygens (including phenoxy) is 1. The molecule has 5 nitrogen and oxygen atoms in total. The first-order chi connectivity index (χ1) is 9.46. The molecule has 0 aliphatic carbocycles. The van der Waals surface area contributed by atoms with E-state index in [4.69, 9.17) is 4.74 Å². The van der Waals surface area contributed by atoms with Gasteiger partial charge >= 0.3 is 5.97 Å². The lowest BCUT2D eigenvalue weighted by Crippen LogP contribution is -2.55. The molecule has 20 heavy (non-hydrogen) atoms. The Morgan fingerprint density at radius 3 is 2.80 bits per heavy atom. The molecular formula is C15H21N3O2. The van der Waals surface area contributed by atoms with Crippen LogP contribution in [0, 0.1) is 0 Å². The first kappa shape index (κ1) is 14.5. The Morgan fingerprint density at radius 2 is 2.15 bits per heavy atom. The van der Waals surface area contributed by atoms with Gasteiger partial charge in [-0.05, 0) is 26.8 Å². The molecular weight excluding hydrogens is 254 g/mol. The third-order valence-electron chi connectivity index (χ3n) is 3.26. The number of benzene rings is 1. The van der Waals surface area contributed by atoms with Crippen LogP contribution >= 0.6 is 0 Å². The van der Waals surface area contributed by atoms with Crippen molar-refractivity contribution in [2.75, 3.05) is 7.11 Å². The number of rotatable bonds is 5. The number of carbonyl (C=O) groups excluding carboxylic acids is 1. The second kappa shape index (κ2) is 5.63. The topological polar surface area (TPSA) is 56.2 Å². The van der Waals surface area contributed by atoms with Gasteiger partial charge in [0.25, 0.3) is 0 Å². The largest absolute Gasteiger partial charge is 0.468 e. The molecule has 1 unspecified atom stereocenters. The number of para-hydroxylation sites is 1. The van der Waals surface area contributed by atoms with Crippen molar-refractivity contribution >= 4 is 16.9 Å². The van der Waals surface area contributed by atoms with E-state index in [2.05, 4.69) is 10.4 Å². The molecule has 2 rings (SSSR count). The molecule has 0 aliphatic heterocycles. The summed E-state index contributed by atoms with van der Waals surface area (Å²) in [7, 11) is 1.41. The zero-order chi connectivity index (χ0) is 14.8. The first-order valence-electron chi connectivity index (χ1n) is 6.73. The minimum Gasteiger partial charge on any atom is -0.468 e. The summed E-state index contributed by atoms with van der Waals surface area (Å²) in [4.78, 5) is 12.1. The van der Waals surface area contributed by atoms with Gasteiger partial charge in [-0.2, -0.15) is 5.10 Å². The van der Waals surface area contributed by atoms with Crippen molar-refractivity contribution in [3.05, 3.63) is 30.5 Å². The van der Waals surface area contributed by atoms with Crippen LogP contribution in [0.4, 0.5) is 0 Å². The molecule has 0 fully saturated rings. The maximum Gasteiger partial charge on any atom is 0.327 e. The Balaban J connectivity index is 2.34. The van der Waals surface area contributed by atoms with Crippen LogP contribution in [0.3, 0.4) is 0 Å². The van der Waals surface area contributed by atoms with Crippen LogP contribution in [0.25, 0.3) is 10.9 Å². The lowest BCUT2D eigenvalue weighted by atomic mass is 10.0. The molecule has 0 saturated heterocycles. The molecule has 1 aromatic carbocycles. The fourth-order valence-electron chi connectivity index (χ4n) is 2.48. The Kier molecular flexibility index (Phi) is 4.09. The molecule has 0 aliphatic rings. The number of nitrogens with one attached hydrogen (secondary N) is 1. The molecule has 5 heteroatoms. The van der Waals surface area contributed by atoms with Crippen molar-refractivity contribution in [3.63, 3.8) is 0 Å². The van der Waals surface area contributed by atoms with Crippen molar-refractivity contribution in [1.29, 1.82) is 0 Å². The van der Waals surface area contributed by atoms with Gasteiger partial charge in [-0.1, -0.05) is 18.2 Å². The van der Waals surface area contributed by atoms with Gasteiger partial charge in [-0.25, -0.2) is 4.79 Å². The van der Waals surface area contributed by atoms with E-state index in [1.807, 2.05) is 55.9 Å². The number of nitrogens with zero attached hydrogens (tertiary/aromatic N) is 2. The van der Waals surface area contributed by atoms with Crippen LogP contribution in [0.2, 0.25) is 0 Å². The summed E-state index contributed by atoms with van der Waals surface area (Å²) in [6.45, 7) is 6.27. The highest BCUT2D eigenvalue weighted by atomic mass is 16.5. The molecule has 1 N–H and O–H groups in total. The van der Waals surface area contributed by atoms with Crippen LogP contribution in [0.15, 0.2) is 30.5 Å². The zero-order valence-corrected chi connectivity index (χ0v) is 12.4. The summed E-state index contributed by atoms with van der Waals surface area (Å²) < 4.78 is 6.77. The SMILES string of the molecule is COC(=O)C(C)(Cn1ncc2ccccc21)NC(C)C. The Bertz CT molecular complexity index is 606. The van der Waals surface area contributed by atoms with E-state index in [1.165, 1.54) is 7.11 Å². The van der Waals surface area contributed by atoms with Gasteiger partial charge in [0, 0.05) is 11.4 Å². The average Bonchev–Trinajstić information content (AvgIpc) is 2.80. The second-order valence-electron chi connectivity index (χ2n) is 5.48. The van der Waals surface area contributed by atoms with Crippen molar-refractivity contribution < 1.29 is 9.53 Å². The predicted octanol–water partition coefficient (Wildman–Crippen LogP) is 1.97. The Hall–Kier alpha value is -1.88. The van der Waals surface area contributed by atoms with E-state index in [9.17, 15) is 4.79 Å². The van der Waals surface area contributed by atoms with Gasteiger partial charge in [0.15, 0.2) is 0 Å². The van der Waals surface area contributed by atoms with Gasteiger partial charge in [-0.3, -0.25) is 10.00 Å². The van der Waals surface area contributed by atoms with Gasteiger partial charge in [0.1, 0.15) is 5.54 Å². The third kappa shape index (κ3) is 2.82. The minimum atomic E-state index is -0.808. The Labute approximate surface area is 118 Å². The molecule has 1 atom stereocenters. The maximum absolute atomic E-state index is 12.1. The molecule has 0 amide bonds. The molecule has 1 aromatic heterocycles. The average molecular weight is 275 g/mol. The van der Waals surface area contributed by atoms with Crippen molar-refractivity contribution in [2.24, 2.45) is 0 Å². The third-order valence-corrected chi connectivity index (χ3v) is 3.26. The fourth-order valence-corrected chi connectivity index (χ4v) is 2.48. The normalized spacial score (nSPS) is 14.4. The summed E-state index contributed by atoms with van der Waals surface area (Å²) in [6.07, 6.45) is 1.81. The lowest BCUT2D eigenvalue weighted by Gasteiger charge is -2.30. The summed E-state index contributed by atoms with van der Waals surface area (Å²) in [6, 6.07) is 8.10. The number of methoxy groups -OCH3 is 1. The molecule has 0 bridgehead atoms. The van der Waals surface area contributed by atoms with Gasteiger partial charge < -0.3 is 4.74 Å². The van der Waals surface area contributed by atoms with Gasteiger partial charge in [0.2, 0.25) is 0 Å². The first-order valence-corrected chi connectivity index (χ1v) is 6.73. The smallest absolute Gasteiger partial charge is 0.327 e. The zero-order valence-electron chi connectivity index (χ0n) is 12.4. The molecule has 2 aromatic rings. The van der Waals surface area contributed by atoms with Crippen LogP contribution < -0.4 is 5.32 Å². The second-order valence-corrected chi connectivity index (χ2v) is 5.48. The molecule has 0 saturated carbocycles. The van der Waals surface area contributed by atoms with Gasteiger partial charge in [-0.15, -0.1) is 0 Å². The van der Waals surface area contributed by atoms with E-state index in [0.29, 0.717) is 6.54 Å². The van der Waals surface area contributed by atoms with Crippen LogP contribution in [0.1, 0.15) is 20.8 Å². The molecule has 108 valence electrons. The maximum atomic E-state index is 12.1. The lowest BCUT2D eigenvalue weighted by molar-refractivity contribution is -0.149. The highest BCUT2D eigenvalue weighted by Gasteiger charge is 2.36. The standard InChI is InChI=1S/C15H21N3O2/c1-11(2)17-15(3,14(19)20-4)10-18-13-8-6-5-7-12(13)9-16-18/h5-9,11,17H,10H2,1-4H3. The quantitative estimate of drug-likeness (QED) is 0.848. The molecule has 0 spiro atoms. The number of aromatic nitrogens is 2. The number of carbonyl (C=O) groups is 1. The van der Waals surface area contributed by atoms with E-state index in [0.717, 1.165) is 10.9 Å². The number of hydrogen-bond acceptors (Lipinski definition) is 4. The Morgan fingerprint density at radius 1 is 1.45 bits per heavy atom. The van der Waals surface area contributed by atoms with Gasteiger partial charge in [0.05, 0.1) is 25.4 Å². The number of hydrogen-bond donors (Lipinski definition) is 1. The molecule has 0 radical (unpaired) electrons. The minimum absolute atomic E-state index is 0.168. The number of esters is 1. The van der Waals surface area contributed by atoms with E-state index >= 15 is 0 Å². The van der Waals surface area contributed by atoms with Crippen molar-refractivity contribution in [2.45, 2.75) is 38.9 Å². The monoisotopic (exact) mass is 275 g/mol. The molecule has 1 heterocycles. The number of fused-ring (bicyclic) bond motifs is 1. The van der Waals surface area contributed by atoms with Crippen LogP contribution in [-0.2, 0) is 16.1 Å². The fraction of sp³-hybridized carbons (Fsp3) is 0.467. The highest BCUT2D eigenvalue weighted by Crippen LogP contribution is 2.17. The van der Waals surface area contributed by atoms with Crippen LogP contribution in [-0.4, -0.2) is 34.4 Å². The highest BCUT2D eigenvalue weighted by molar-refractivity contribution is 5.81. The summed E-state index contributed by atoms with van der Waals surface area (Å²) in [5, 5.41) is 8.71. The summed E-state index contributed by atoms with van der Waals surface area (Å²) in [5.74, 6) is -0.286. The summed E-state index contributed by atoms with van der Waals surface area (Å²) >= 11 is 0. The predicted molar refractivity (Wildman–Crippen MR) is 78.4 cm³/mol.